The molecule has 0 saturated heterocycles. The summed E-state index contributed by atoms with van der Waals surface area (Å²) >= 11 is 0. The molecule has 0 saturated carbocycles. The first-order valence-corrected chi connectivity index (χ1v) is 6.74. The van der Waals surface area contributed by atoms with Crippen molar-refractivity contribution in [3.63, 3.8) is 0 Å². The summed E-state index contributed by atoms with van der Waals surface area (Å²) in [4.78, 5) is 11.3. The van der Waals surface area contributed by atoms with Gasteiger partial charge in [0.1, 0.15) is 5.75 Å². The largest absolute Gasteiger partial charge is 0.504 e. The minimum atomic E-state index is -1.22. The van der Waals surface area contributed by atoms with Gasteiger partial charge in [-0.05, 0) is 42.8 Å². The quantitative estimate of drug-likeness (QED) is 0.632. The molecule has 0 amide bonds. The van der Waals surface area contributed by atoms with E-state index in [9.17, 15) is 15.0 Å². The van der Waals surface area contributed by atoms with Crippen molar-refractivity contribution < 1.29 is 24.5 Å². The smallest absolute Gasteiger partial charge is 0.371 e. The molecule has 22 heavy (non-hydrogen) atoms. The van der Waals surface area contributed by atoms with E-state index in [0.29, 0.717) is 17.9 Å². The maximum Gasteiger partial charge on any atom is 0.371 e. The van der Waals surface area contributed by atoms with Crippen LogP contribution in [0.5, 0.6) is 17.2 Å². The molecule has 0 aromatic heterocycles. The predicted octanol–water partition coefficient (Wildman–Crippen LogP) is 3.30. The Bertz CT molecular complexity index is 674. The molecule has 0 spiro atoms. The van der Waals surface area contributed by atoms with Crippen molar-refractivity contribution in [2.45, 2.75) is 6.92 Å². The number of benzene rings is 2. The van der Waals surface area contributed by atoms with Crippen LogP contribution < -0.4 is 9.47 Å². The fraction of sp³-hybridized carbons (Fsp3) is 0.118. The van der Waals surface area contributed by atoms with Crippen LogP contribution in [0, 0.1) is 0 Å². The highest BCUT2D eigenvalue weighted by molar-refractivity contribution is 5.90. The molecule has 0 aliphatic heterocycles. The van der Waals surface area contributed by atoms with E-state index in [1.165, 1.54) is 18.2 Å². The van der Waals surface area contributed by atoms with Crippen molar-refractivity contribution in [3.05, 3.63) is 59.9 Å². The molecule has 0 fully saturated rings. The average Bonchev–Trinajstić information content (AvgIpc) is 2.50. The number of carboxylic acid groups (broad SMARTS) is 1. The van der Waals surface area contributed by atoms with E-state index in [4.69, 9.17) is 9.47 Å². The summed E-state index contributed by atoms with van der Waals surface area (Å²) < 4.78 is 10.6. The summed E-state index contributed by atoms with van der Waals surface area (Å²) in [6.45, 7) is 2.45. The number of rotatable bonds is 6. The molecule has 5 heteroatoms. The number of hydrogen-bond acceptors (Lipinski definition) is 4. The highest BCUT2D eigenvalue weighted by atomic mass is 16.5. The van der Waals surface area contributed by atoms with Crippen LogP contribution in [0.4, 0.5) is 0 Å². The van der Waals surface area contributed by atoms with Crippen LogP contribution in [0.3, 0.4) is 0 Å². The van der Waals surface area contributed by atoms with Gasteiger partial charge >= 0.3 is 5.97 Å². The third-order valence-corrected chi connectivity index (χ3v) is 2.78. The summed E-state index contributed by atoms with van der Waals surface area (Å²) in [6.07, 6.45) is 1.38. The van der Waals surface area contributed by atoms with Crippen LogP contribution in [0.25, 0.3) is 6.08 Å². The standard InChI is InChI=1S/C17H16O5/c1-2-21-13-9-7-12(8-10-13)11-16(17(19)20)22-15-6-4-3-5-14(15)18/h3-11,18H,2H2,1H3,(H,19,20). The highest BCUT2D eigenvalue weighted by Gasteiger charge is 2.12. The zero-order valence-corrected chi connectivity index (χ0v) is 12.0. The van der Waals surface area contributed by atoms with Crippen LogP contribution in [-0.2, 0) is 4.79 Å². The molecule has 114 valence electrons. The number of carboxylic acids is 1. The molecular weight excluding hydrogens is 284 g/mol. The van der Waals surface area contributed by atoms with E-state index in [-0.39, 0.29) is 17.3 Å². The molecule has 2 aromatic rings. The Hall–Kier alpha value is -2.95. The van der Waals surface area contributed by atoms with E-state index >= 15 is 0 Å². The first-order chi connectivity index (χ1) is 10.6. The van der Waals surface area contributed by atoms with E-state index in [1.54, 1.807) is 36.4 Å². The molecule has 0 aliphatic carbocycles. The molecule has 0 bridgehead atoms. The SMILES string of the molecule is CCOc1ccc(C=C(Oc2ccccc2O)C(=O)O)cc1. The number of hydrogen-bond donors (Lipinski definition) is 2. The maximum atomic E-state index is 11.3. The topological polar surface area (TPSA) is 76.0 Å². The number of carbonyl (C=O) groups is 1. The zero-order valence-electron chi connectivity index (χ0n) is 12.0. The second kappa shape index (κ2) is 7.17. The Balaban J connectivity index is 2.23. The Kier molecular flexibility index (Phi) is 5.03. The Labute approximate surface area is 128 Å². The second-order valence-electron chi connectivity index (χ2n) is 4.39. The summed E-state index contributed by atoms with van der Waals surface area (Å²) in [5.41, 5.74) is 0.649. The third-order valence-electron chi connectivity index (χ3n) is 2.78. The molecule has 0 heterocycles. The van der Waals surface area contributed by atoms with Crippen molar-refractivity contribution in [2.24, 2.45) is 0 Å². The van der Waals surface area contributed by atoms with Crippen LogP contribution >= 0.6 is 0 Å². The summed E-state index contributed by atoms with van der Waals surface area (Å²) in [7, 11) is 0. The Morgan fingerprint density at radius 3 is 2.41 bits per heavy atom. The molecule has 0 aliphatic rings. The fourth-order valence-corrected chi connectivity index (χ4v) is 1.78. The normalized spacial score (nSPS) is 11.0. The molecule has 5 nitrogen and oxygen atoms in total. The number of aromatic hydroxyl groups is 1. The van der Waals surface area contributed by atoms with Gasteiger partial charge in [0.2, 0.25) is 5.76 Å². The van der Waals surface area contributed by atoms with Gasteiger partial charge in [0.15, 0.2) is 11.5 Å². The lowest BCUT2D eigenvalue weighted by Gasteiger charge is -2.08. The van der Waals surface area contributed by atoms with Gasteiger partial charge in [-0.15, -0.1) is 0 Å². The molecule has 0 atom stereocenters. The lowest BCUT2D eigenvalue weighted by atomic mass is 10.2. The lowest BCUT2D eigenvalue weighted by molar-refractivity contribution is -0.134. The summed E-state index contributed by atoms with van der Waals surface area (Å²) in [5, 5.41) is 18.9. The van der Waals surface area contributed by atoms with Crippen molar-refractivity contribution in [2.75, 3.05) is 6.61 Å². The molecule has 2 aromatic carbocycles. The highest BCUT2D eigenvalue weighted by Crippen LogP contribution is 2.27. The van der Waals surface area contributed by atoms with Crippen LogP contribution in [-0.4, -0.2) is 22.8 Å². The molecule has 0 radical (unpaired) electrons. The van der Waals surface area contributed by atoms with E-state index in [1.807, 2.05) is 6.92 Å². The number of aliphatic carboxylic acids is 1. The third kappa shape index (κ3) is 4.02. The van der Waals surface area contributed by atoms with Gasteiger partial charge in [-0.1, -0.05) is 24.3 Å². The van der Waals surface area contributed by atoms with Gasteiger partial charge in [0, 0.05) is 0 Å². The van der Waals surface area contributed by atoms with Gasteiger partial charge < -0.3 is 19.7 Å². The number of phenolic OH excluding ortho intramolecular Hbond substituents is 1. The number of para-hydroxylation sites is 2. The first-order valence-electron chi connectivity index (χ1n) is 6.74. The van der Waals surface area contributed by atoms with Crippen LogP contribution in [0.1, 0.15) is 12.5 Å². The molecular formula is C17H16O5. The minimum Gasteiger partial charge on any atom is -0.504 e. The van der Waals surface area contributed by atoms with Gasteiger partial charge in [0.25, 0.3) is 0 Å². The molecule has 2 rings (SSSR count). The van der Waals surface area contributed by atoms with Crippen molar-refractivity contribution >= 4 is 12.0 Å². The van der Waals surface area contributed by atoms with E-state index < -0.39 is 5.97 Å². The predicted molar refractivity (Wildman–Crippen MR) is 82.0 cm³/mol. The average molecular weight is 300 g/mol. The monoisotopic (exact) mass is 300 g/mol. The van der Waals surface area contributed by atoms with Crippen molar-refractivity contribution in [1.29, 1.82) is 0 Å². The van der Waals surface area contributed by atoms with E-state index in [2.05, 4.69) is 0 Å². The van der Waals surface area contributed by atoms with Gasteiger partial charge in [-0.2, -0.15) is 0 Å². The van der Waals surface area contributed by atoms with Gasteiger partial charge in [-0.25, -0.2) is 4.79 Å². The number of ether oxygens (including phenoxy) is 2. The molecule has 2 N–H and O–H groups in total. The van der Waals surface area contributed by atoms with E-state index in [0.717, 1.165) is 0 Å². The fourth-order valence-electron chi connectivity index (χ4n) is 1.78. The number of phenols is 1. The van der Waals surface area contributed by atoms with Gasteiger partial charge in [-0.3, -0.25) is 0 Å². The lowest BCUT2D eigenvalue weighted by Crippen LogP contribution is -2.07. The van der Waals surface area contributed by atoms with Crippen molar-refractivity contribution in [1.82, 2.24) is 0 Å². The zero-order chi connectivity index (χ0) is 15.9. The van der Waals surface area contributed by atoms with Crippen molar-refractivity contribution in [3.8, 4) is 17.2 Å². The van der Waals surface area contributed by atoms with Crippen LogP contribution in [0.15, 0.2) is 54.3 Å². The summed E-state index contributed by atoms with van der Waals surface area (Å²) in [5.74, 6) is -0.843. The second-order valence-corrected chi connectivity index (χ2v) is 4.39. The maximum absolute atomic E-state index is 11.3. The van der Waals surface area contributed by atoms with Crippen LogP contribution in [0.2, 0.25) is 0 Å². The van der Waals surface area contributed by atoms with Gasteiger partial charge in [0.05, 0.1) is 6.61 Å². The summed E-state index contributed by atoms with van der Waals surface area (Å²) in [6, 6.07) is 13.1. The first kappa shape index (κ1) is 15.4. The Morgan fingerprint density at radius 2 is 1.82 bits per heavy atom. The molecule has 0 unspecified atom stereocenters. The minimum absolute atomic E-state index is 0.0853. The Morgan fingerprint density at radius 1 is 1.14 bits per heavy atom.